The second-order valence-corrected chi connectivity index (χ2v) is 8.92. The summed E-state index contributed by atoms with van der Waals surface area (Å²) in [5, 5.41) is 28.6. The Morgan fingerprint density at radius 3 is 2.62 bits per heavy atom. The van der Waals surface area contributed by atoms with Gasteiger partial charge in [-0.3, -0.25) is 14.9 Å². The standard InChI is InChI=1S/C27H20N6O4/c1-3-31-22-11-10-19(33(35)36)13-20(22)27(26(31)34)21(14-28)24(29)37-25-23(27)15(2)30-32(25)18-9-8-16-6-4-5-7-17(16)12-18/h4-13H,3,29H2,1-2H3. The van der Waals surface area contributed by atoms with Gasteiger partial charge in [-0.05, 0) is 42.8 Å². The molecule has 10 heteroatoms. The average Bonchev–Trinajstić information content (AvgIpc) is 3.35. The Hall–Kier alpha value is -5.17. The van der Waals surface area contributed by atoms with Crippen LogP contribution in [0, 0.1) is 28.4 Å². The number of benzene rings is 3. The van der Waals surface area contributed by atoms with E-state index in [0.29, 0.717) is 28.2 Å². The van der Waals surface area contributed by atoms with Gasteiger partial charge in [-0.25, -0.2) is 4.68 Å². The van der Waals surface area contributed by atoms with E-state index < -0.39 is 16.2 Å². The van der Waals surface area contributed by atoms with E-state index >= 15 is 0 Å². The van der Waals surface area contributed by atoms with Crippen molar-refractivity contribution in [1.29, 1.82) is 5.26 Å². The van der Waals surface area contributed by atoms with Gasteiger partial charge >= 0.3 is 0 Å². The number of nitro groups is 1. The molecule has 3 heterocycles. The Morgan fingerprint density at radius 1 is 1.16 bits per heavy atom. The molecule has 10 nitrogen and oxygen atoms in total. The maximum atomic E-state index is 14.2. The third-order valence-corrected chi connectivity index (χ3v) is 7.08. The van der Waals surface area contributed by atoms with E-state index in [0.717, 1.165) is 10.8 Å². The molecular weight excluding hydrogens is 472 g/mol. The molecule has 4 aromatic rings. The number of amides is 1. The van der Waals surface area contributed by atoms with Crippen LogP contribution in [0.2, 0.25) is 0 Å². The molecule has 3 aromatic carbocycles. The van der Waals surface area contributed by atoms with Crippen molar-refractivity contribution in [1.82, 2.24) is 9.78 Å². The third-order valence-electron chi connectivity index (χ3n) is 7.08. The van der Waals surface area contributed by atoms with Gasteiger partial charge in [0.15, 0.2) is 0 Å². The van der Waals surface area contributed by atoms with E-state index in [2.05, 4.69) is 6.07 Å². The molecule has 0 saturated carbocycles. The summed E-state index contributed by atoms with van der Waals surface area (Å²) in [6, 6.07) is 19.9. The minimum absolute atomic E-state index is 0.121. The quantitative estimate of drug-likeness (QED) is 0.337. The largest absolute Gasteiger partial charge is 0.422 e. The van der Waals surface area contributed by atoms with Crippen molar-refractivity contribution in [2.45, 2.75) is 19.3 Å². The molecule has 2 aliphatic rings. The number of hydrogen-bond donors (Lipinski definition) is 1. The van der Waals surface area contributed by atoms with Crippen LogP contribution in [0.1, 0.15) is 23.7 Å². The van der Waals surface area contributed by atoms with Crippen LogP contribution < -0.4 is 15.4 Å². The fourth-order valence-corrected chi connectivity index (χ4v) is 5.52. The molecule has 0 fully saturated rings. The van der Waals surface area contributed by atoms with E-state index in [4.69, 9.17) is 15.6 Å². The number of nitrogens with zero attached hydrogens (tertiary/aromatic N) is 5. The molecule has 0 radical (unpaired) electrons. The van der Waals surface area contributed by atoms with Gasteiger partial charge in [0, 0.05) is 29.9 Å². The van der Waals surface area contributed by atoms with Crippen LogP contribution in [0.4, 0.5) is 11.4 Å². The highest BCUT2D eigenvalue weighted by Gasteiger charge is 2.61. The highest BCUT2D eigenvalue weighted by molar-refractivity contribution is 6.14. The van der Waals surface area contributed by atoms with Crippen molar-refractivity contribution < 1.29 is 14.5 Å². The molecule has 1 spiro atoms. The molecule has 2 N–H and O–H groups in total. The van der Waals surface area contributed by atoms with Crippen molar-refractivity contribution in [2.24, 2.45) is 5.73 Å². The number of aromatic nitrogens is 2. The van der Waals surface area contributed by atoms with Gasteiger partial charge in [-0.1, -0.05) is 30.3 Å². The molecule has 1 aromatic heterocycles. The zero-order valence-corrected chi connectivity index (χ0v) is 19.9. The van der Waals surface area contributed by atoms with Crippen LogP contribution in [0.25, 0.3) is 16.5 Å². The number of carbonyl (C=O) groups excluding carboxylic acids is 1. The molecule has 37 heavy (non-hydrogen) atoms. The van der Waals surface area contributed by atoms with E-state index in [1.807, 2.05) is 42.5 Å². The number of anilines is 1. The first-order chi connectivity index (χ1) is 17.8. The van der Waals surface area contributed by atoms with Gasteiger partial charge < -0.3 is 15.4 Å². The van der Waals surface area contributed by atoms with Crippen molar-refractivity contribution in [3.63, 3.8) is 0 Å². The van der Waals surface area contributed by atoms with Gasteiger partial charge in [0.1, 0.15) is 17.1 Å². The number of ether oxygens (including phenoxy) is 1. The van der Waals surface area contributed by atoms with Gasteiger partial charge in [-0.15, -0.1) is 0 Å². The zero-order chi connectivity index (χ0) is 26.1. The van der Waals surface area contributed by atoms with Crippen LogP contribution in [-0.4, -0.2) is 27.2 Å². The fraction of sp³-hybridized carbons (Fsp3) is 0.148. The molecule has 2 aliphatic heterocycles. The monoisotopic (exact) mass is 492 g/mol. The molecule has 0 bridgehead atoms. The lowest BCUT2D eigenvalue weighted by molar-refractivity contribution is -0.384. The summed E-state index contributed by atoms with van der Waals surface area (Å²) in [4.78, 5) is 26.9. The van der Waals surface area contributed by atoms with Crippen LogP contribution in [0.3, 0.4) is 0 Å². The van der Waals surface area contributed by atoms with Crippen molar-refractivity contribution in [2.75, 3.05) is 11.4 Å². The number of fused-ring (bicyclic) bond motifs is 5. The van der Waals surface area contributed by atoms with Crippen molar-refractivity contribution in [3.8, 4) is 17.6 Å². The van der Waals surface area contributed by atoms with E-state index in [1.54, 1.807) is 18.5 Å². The molecule has 0 aliphatic carbocycles. The maximum Gasteiger partial charge on any atom is 0.269 e. The van der Waals surface area contributed by atoms with E-state index in [-0.39, 0.29) is 29.6 Å². The van der Waals surface area contributed by atoms with Crippen LogP contribution in [0.15, 0.2) is 72.1 Å². The van der Waals surface area contributed by atoms with E-state index in [1.165, 1.54) is 23.1 Å². The lowest BCUT2D eigenvalue weighted by Gasteiger charge is -2.33. The first-order valence-corrected chi connectivity index (χ1v) is 11.6. The summed E-state index contributed by atoms with van der Waals surface area (Å²) in [5.41, 5.74) is 6.47. The SMILES string of the molecule is CCN1C(=O)C2(C(C#N)=C(N)Oc3c2c(C)nn3-c2ccc3ccccc3c2)c2cc([N+](=O)[O-])ccc21. The zero-order valence-electron chi connectivity index (χ0n) is 19.9. The molecule has 0 saturated heterocycles. The molecule has 6 rings (SSSR count). The smallest absolute Gasteiger partial charge is 0.269 e. The number of aryl methyl sites for hydroxylation is 1. The second kappa shape index (κ2) is 7.66. The predicted octanol–water partition coefficient (Wildman–Crippen LogP) is 3.98. The number of nitrogens with two attached hydrogens (primary N) is 1. The predicted molar refractivity (Wildman–Crippen MR) is 135 cm³/mol. The minimum Gasteiger partial charge on any atom is -0.422 e. The Labute approximate surface area is 210 Å². The number of nitro benzene ring substituents is 1. The summed E-state index contributed by atoms with van der Waals surface area (Å²) >= 11 is 0. The van der Waals surface area contributed by atoms with Gasteiger partial charge in [0.25, 0.3) is 5.69 Å². The Kier molecular flexibility index (Phi) is 4.62. The topological polar surface area (TPSA) is 140 Å². The summed E-state index contributed by atoms with van der Waals surface area (Å²) in [6.07, 6.45) is 0. The number of carbonyl (C=O) groups is 1. The summed E-state index contributed by atoms with van der Waals surface area (Å²) in [5.74, 6) is -0.496. The number of nitriles is 1. The van der Waals surface area contributed by atoms with Crippen molar-refractivity contribution >= 4 is 28.1 Å². The van der Waals surface area contributed by atoms with Gasteiger partial charge in [-0.2, -0.15) is 10.4 Å². The molecule has 1 unspecified atom stereocenters. The Morgan fingerprint density at radius 2 is 1.92 bits per heavy atom. The lowest BCUT2D eigenvalue weighted by atomic mass is 9.69. The van der Waals surface area contributed by atoms with Crippen LogP contribution in [0.5, 0.6) is 5.88 Å². The highest BCUT2D eigenvalue weighted by Crippen LogP contribution is 2.57. The molecular formula is C27H20N6O4. The second-order valence-electron chi connectivity index (χ2n) is 8.92. The molecule has 182 valence electrons. The van der Waals surface area contributed by atoms with Crippen LogP contribution >= 0.6 is 0 Å². The number of non-ortho nitro benzene ring substituents is 1. The molecule has 1 atom stereocenters. The van der Waals surface area contributed by atoms with Gasteiger partial charge in [0.2, 0.25) is 17.7 Å². The van der Waals surface area contributed by atoms with Gasteiger partial charge in [0.05, 0.1) is 21.9 Å². The highest BCUT2D eigenvalue weighted by atomic mass is 16.6. The minimum atomic E-state index is -1.73. The third kappa shape index (κ3) is 2.79. The first-order valence-electron chi connectivity index (χ1n) is 11.6. The summed E-state index contributed by atoms with van der Waals surface area (Å²) in [6.45, 7) is 3.81. The maximum absolute atomic E-state index is 14.2. The number of rotatable bonds is 3. The Bertz CT molecular complexity index is 1750. The molecule has 1 amide bonds. The number of likely N-dealkylation sites (N-methyl/N-ethyl adjacent to an activating group) is 1. The summed E-state index contributed by atoms with van der Waals surface area (Å²) < 4.78 is 7.54. The van der Waals surface area contributed by atoms with E-state index in [9.17, 15) is 20.2 Å². The number of hydrogen-bond acceptors (Lipinski definition) is 7. The normalized spacial score (nSPS) is 18.1. The average molecular weight is 492 g/mol. The van der Waals surface area contributed by atoms with Crippen molar-refractivity contribution in [3.05, 3.63) is 99.1 Å². The fourth-order valence-electron chi connectivity index (χ4n) is 5.52. The lowest BCUT2D eigenvalue weighted by Crippen LogP contribution is -2.46. The Balaban J connectivity index is 1.70. The first kappa shape index (κ1) is 22.3. The summed E-state index contributed by atoms with van der Waals surface area (Å²) in [7, 11) is 0. The van der Waals surface area contributed by atoms with Crippen LogP contribution in [-0.2, 0) is 10.2 Å².